The van der Waals surface area contributed by atoms with Gasteiger partial charge in [0.1, 0.15) is 5.82 Å². The molecule has 1 N–H and O–H groups in total. The number of aromatic carboxylic acids is 1. The van der Waals surface area contributed by atoms with E-state index in [0.717, 1.165) is 6.07 Å². The highest BCUT2D eigenvalue weighted by atomic mass is 35.5. The number of hydrogen-bond donors (Lipinski definition) is 1. The van der Waals surface area contributed by atoms with Crippen molar-refractivity contribution in [2.24, 2.45) is 0 Å². The standard InChI is InChI=1S/C12H7ClFNO2/c13-8-4-7(5-9(14)6-8)11-10(12(16)17)2-1-3-15-11/h1-6H,(H,16,17). The zero-order chi connectivity index (χ0) is 12.4. The Hall–Kier alpha value is -1.94. The molecule has 2 rings (SSSR count). The first-order chi connectivity index (χ1) is 8.08. The first-order valence-corrected chi connectivity index (χ1v) is 5.10. The maximum Gasteiger partial charge on any atom is 0.337 e. The van der Waals surface area contributed by atoms with Crippen LogP contribution in [0.4, 0.5) is 4.39 Å². The lowest BCUT2D eigenvalue weighted by Crippen LogP contribution is -2.01. The highest BCUT2D eigenvalue weighted by Crippen LogP contribution is 2.25. The molecule has 0 radical (unpaired) electrons. The van der Waals surface area contributed by atoms with E-state index in [1.54, 1.807) is 0 Å². The Bertz CT molecular complexity index is 566. The van der Waals surface area contributed by atoms with Gasteiger partial charge in [0, 0.05) is 16.8 Å². The molecule has 0 fully saturated rings. The van der Waals surface area contributed by atoms with E-state index in [9.17, 15) is 9.18 Å². The summed E-state index contributed by atoms with van der Waals surface area (Å²) >= 11 is 5.72. The van der Waals surface area contributed by atoms with Crippen molar-refractivity contribution in [1.29, 1.82) is 0 Å². The number of carboxylic acid groups (broad SMARTS) is 1. The van der Waals surface area contributed by atoms with Gasteiger partial charge in [0.2, 0.25) is 0 Å². The largest absolute Gasteiger partial charge is 0.478 e. The zero-order valence-corrected chi connectivity index (χ0v) is 9.28. The minimum atomic E-state index is -1.12. The van der Waals surface area contributed by atoms with Crippen LogP contribution in [0.1, 0.15) is 10.4 Å². The molecule has 5 heteroatoms. The van der Waals surface area contributed by atoms with Crippen LogP contribution in [0.15, 0.2) is 36.5 Å². The SMILES string of the molecule is O=C(O)c1cccnc1-c1cc(F)cc(Cl)c1. The Morgan fingerprint density at radius 2 is 2.12 bits per heavy atom. The van der Waals surface area contributed by atoms with Crippen molar-refractivity contribution >= 4 is 17.6 Å². The monoisotopic (exact) mass is 251 g/mol. The first-order valence-electron chi connectivity index (χ1n) is 4.72. The summed E-state index contributed by atoms with van der Waals surface area (Å²) in [4.78, 5) is 14.9. The number of pyridine rings is 1. The molecule has 0 amide bonds. The Balaban J connectivity index is 2.64. The first kappa shape index (κ1) is 11.5. The van der Waals surface area contributed by atoms with Crippen molar-refractivity contribution in [3.63, 3.8) is 0 Å². The lowest BCUT2D eigenvalue weighted by molar-refractivity contribution is 0.0697. The summed E-state index contributed by atoms with van der Waals surface area (Å²) in [7, 11) is 0. The van der Waals surface area contributed by atoms with Crippen molar-refractivity contribution in [2.75, 3.05) is 0 Å². The van der Waals surface area contributed by atoms with Gasteiger partial charge in [0.15, 0.2) is 0 Å². The number of hydrogen-bond acceptors (Lipinski definition) is 2. The van der Waals surface area contributed by atoms with Crippen LogP contribution in [-0.2, 0) is 0 Å². The summed E-state index contributed by atoms with van der Waals surface area (Å²) in [5.74, 6) is -1.65. The van der Waals surface area contributed by atoms with E-state index in [2.05, 4.69) is 4.98 Å². The second-order valence-electron chi connectivity index (χ2n) is 3.36. The highest BCUT2D eigenvalue weighted by molar-refractivity contribution is 6.30. The molecule has 86 valence electrons. The van der Waals surface area contributed by atoms with Crippen LogP contribution in [0.3, 0.4) is 0 Å². The van der Waals surface area contributed by atoms with Crippen LogP contribution in [0.5, 0.6) is 0 Å². The smallest absolute Gasteiger partial charge is 0.337 e. The summed E-state index contributed by atoms with van der Waals surface area (Å²) in [5, 5.41) is 9.20. The third kappa shape index (κ3) is 2.42. The fourth-order valence-corrected chi connectivity index (χ4v) is 1.72. The normalized spacial score (nSPS) is 10.2. The van der Waals surface area contributed by atoms with Gasteiger partial charge in [-0.2, -0.15) is 0 Å². The molecule has 0 unspecified atom stereocenters. The van der Waals surface area contributed by atoms with Crippen molar-refractivity contribution in [2.45, 2.75) is 0 Å². The molecule has 1 heterocycles. The molecule has 2 aromatic rings. The Morgan fingerprint density at radius 1 is 1.35 bits per heavy atom. The van der Waals surface area contributed by atoms with Gasteiger partial charge in [0.25, 0.3) is 0 Å². The van der Waals surface area contributed by atoms with Gasteiger partial charge in [0.05, 0.1) is 11.3 Å². The Kier molecular flexibility index (Phi) is 3.06. The summed E-state index contributed by atoms with van der Waals surface area (Å²) in [6.07, 6.45) is 1.45. The quantitative estimate of drug-likeness (QED) is 0.891. The molecule has 1 aromatic heterocycles. The van der Waals surface area contributed by atoms with E-state index >= 15 is 0 Å². The van der Waals surface area contributed by atoms with Crippen LogP contribution in [0, 0.1) is 5.82 Å². The molecule has 0 aliphatic rings. The third-order valence-electron chi connectivity index (χ3n) is 2.17. The van der Waals surface area contributed by atoms with Crippen molar-refractivity contribution < 1.29 is 14.3 Å². The van der Waals surface area contributed by atoms with Gasteiger partial charge >= 0.3 is 5.97 Å². The van der Waals surface area contributed by atoms with Crippen LogP contribution < -0.4 is 0 Å². The maximum atomic E-state index is 13.2. The Morgan fingerprint density at radius 3 is 2.76 bits per heavy atom. The van der Waals surface area contributed by atoms with E-state index < -0.39 is 11.8 Å². The van der Waals surface area contributed by atoms with Crippen molar-refractivity contribution in [3.05, 3.63) is 52.9 Å². The average Bonchev–Trinajstić information content (AvgIpc) is 2.27. The fourth-order valence-electron chi connectivity index (χ4n) is 1.50. The number of rotatable bonds is 2. The number of carboxylic acids is 1. The zero-order valence-electron chi connectivity index (χ0n) is 8.52. The molecule has 3 nitrogen and oxygen atoms in total. The van der Waals surface area contributed by atoms with Crippen LogP contribution >= 0.6 is 11.6 Å². The number of nitrogens with zero attached hydrogens (tertiary/aromatic N) is 1. The van der Waals surface area contributed by atoms with Gasteiger partial charge in [-0.15, -0.1) is 0 Å². The van der Waals surface area contributed by atoms with E-state index in [0.29, 0.717) is 5.56 Å². The molecule has 1 aromatic carbocycles. The second kappa shape index (κ2) is 4.51. The molecule has 0 spiro atoms. The van der Waals surface area contributed by atoms with Crippen molar-refractivity contribution in [1.82, 2.24) is 4.98 Å². The van der Waals surface area contributed by atoms with E-state index in [4.69, 9.17) is 16.7 Å². The van der Waals surface area contributed by atoms with Gasteiger partial charge in [-0.25, -0.2) is 9.18 Å². The Labute approximate surface area is 101 Å². The van der Waals surface area contributed by atoms with Crippen LogP contribution in [-0.4, -0.2) is 16.1 Å². The number of carbonyl (C=O) groups is 1. The average molecular weight is 252 g/mol. The van der Waals surface area contributed by atoms with Gasteiger partial charge in [-0.05, 0) is 30.3 Å². The van der Waals surface area contributed by atoms with Crippen LogP contribution in [0.2, 0.25) is 5.02 Å². The number of halogens is 2. The minimum Gasteiger partial charge on any atom is -0.478 e. The van der Waals surface area contributed by atoms with E-state index in [1.165, 1.54) is 30.5 Å². The minimum absolute atomic E-state index is 0.00849. The summed E-state index contributed by atoms with van der Waals surface area (Å²) in [6, 6.07) is 6.73. The fraction of sp³-hybridized carbons (Fsp3) is 0. The maximum absolute atomic E-state index is 13.2. The summed E-state index contributed by atoms with van der Waals surface area (Å²) in [6.45, 7) is 0. The third-order valence-corrected chi connectivity index (χ3v) is 2.39. The topological polar surface area (TPSA) is 50.2 Å². The summed E-state index contributed by atoms with van der Waals surface area (Å²) < 4.78 is 13.2. The van der Waals surface area contributed by atoms with Gasteiger partial charge in [-0.1, -0.05) is 11.6 Å². The lowest BCUT2D eigenvalue weighted by atomic mass is 10.1. The summed E-state index contributed by atoms with van der Waals surface area (Å²) in [5.41, 5.74) is 0.545. The predicted molar refractivity (Wildman–Crippen MR) is 61.6 cm³/mol. The molecule has 0 saturated heterocycles. The molecule has 17 heavy (non-hydrogen) atoms. The molecule has 0 aliphatic heterocycles. The highest BCUT2D eigenvalue weighted by Gasteiger charge is 2.13. The predicted octanol–water partition coefficient (Wildman–Crippen LogP) is 3.24. The van der Waals surface area contributed by atoms with Gasteiger partial charge < -0.3 is 5.11 Å². The molecule has 0 atom stereocenters. The molecular formula is C12H7ClFNO2. The van der Waals surface area contributed by atoms with Crippen molar-refractivity contribution in [3.8, 4) is 11.3 Å². The second-order valence-corrected chi connectivity index (χ2v) is 3.80. The number of benzene rings is 1. The molecule has 0 aliphatic carbocycles. The van der Waals surface area contributed by atoms with Crippen LogP contribution in [0.25, 0.3) is 11.3 Å². The van der Waals surface area contributed by atoms with E-state index in [-0.39, 0.29) is 16.3 Å². The number of aromatic nitrogens is 1. The molecular weight excluding hydrogens is 245 g/mol. The van der Waals surface area contributed by atoms with Gasteiger partial charge in [-0.3, -0.25) is 4.98 Å². The van der Waals surface area contributed by atoms with E-state index in [1.807, 2.05) is 0 Å². The molecule has 0 saturated carbocycles. The lowest BCUT2D eigenvalue weighted by Gasteiger charge is -2.05. The molecule has 0 bridgehead atoms.